The molecule has 0 spiro atoms. The fraction of sp³-hybridized carbons (Fsp3) is 0.148. The topological polar surface area (TPSA) is 81.4 Å². The monoisotopic (exact) mass is 472 g/mol. The Hall–Kier alpha value is -4.08. The minimum atomic E-state index is -0.668. The van der Waals surface area contributed by atoms with E-state index in [0.717, 1.165) is 28.2 Å². The van der Waals surface area contributed by atoms with Crippen LogP contribution in [0.15, 0.2) is 65.2 Å². The van der Waals surface area contributed by atoms with E-state index in [1.165, 1.54) is 0 Å². The average Bonchev–Trinajstić information content (AvgIpc) is 3.17. The van der Waals surface area contributed by atoms with Crippen molar-refractivity contribution < 1.29 is 18.8 Å². The van der Waals surface area contributed by atoms with Crippen molar-refractivity contribution >= 4 is 40.4 Å². The fourth-order valence-electron chi connectivity index (χ4n) is 3.49. The van der Waals surface area contributed by atoms with Gasteiger partial charge in [0.25, 0.3) is 0 Å². The van der Waals surface area contributed by atoms with Crippen LogP contribution in [-0.2, 0) is 16.0 Å². The van der Waals surface area contributed by atoms with Crippen molar-refractivity contribution in [2.75, 3.05) is 5.32 Å². The highest BCUT2D eigenvalue weighted by Gasteiger charge is 2.18. The van der Waals surface area contributed by atoms with Gasteiger partial charge < -0.3 is 14.1 Å². The summed E-state index contributed by atoms with van der Waals surface area (Å²) in [6.45, 7) is 3.44. The molecule has 0 aliphatic rings. The number of nitrogens with zero attached hydrogens (tertiary/aromatic N) is 1. The van der Waals surface area contributed by atoms with Crippen molar-refractivity contribution in [3.63, 3.8) is 0 Å². The quantitative estimate of drug-likeness (QED) is 0.274. The van der Waals surface area contributed by atoms with Crippen molar-refractivity contribution in [1.82, 2.24) is 5.16 Å². The first kappa shape index (κ1) is 23.1. The predicted octanol–water partition coefficient (Wildman–Crippen LogP) is 6.24. The number of hydrogen-bond donors (Lipinski definition) is 1. The zero-order chi connectivity index (χ0) is 24.1. The van der Waals surface area contributed by atoms with Crippen LogP contribution in [0.2, 0.25) is 5.02 Å². The van der Waals surface area contributed by atoms with Crippen LogP contribution in [0, 0.1) is 18.8 Å². The van der Waals surface area contributed by atoms with E-state index in [1.807, 2.05) is 48.5 Å². The van der Waals surface area contributed by atoms with Crippen LogP contribution >= 0.6 is 11.6 Å². The number of aldehydes is 1. The second-order valence-electron chi connectivity index (χ2n) is 7.68. The Morgan fingerprint density at radius 2 is 1.91 bits per heavy atom. The Labute approximate surface area is 201 Å². The smallest absolute Gasteiger partial charge is 0.412 e. The molecule has 4 rings (SSSR count). The molecule has 170 valence electrons. The van der Waals surface area contributed by atoms with Crippen LogP contribution in [0.25, 0.3) is 10.8 Å². The van der Waals surface area contributed by atoms with Crippen molar-refractivity contribution in [2.24, 2.45) is 0 Å². The second kappa shape index (κ2) is 10.2. The third kappa shape index (κ3) is 5.28. The standard InChI is InChI=1S/C27H21ClN2O4/c1-17-26(29-27(32)33-18(2)23-5-3-4-6-24(23)28)25(34-30-17)12-9-19-7-10-22-16-20(13-14-31)8-11-21(22)15-19/h3-8,10-11,14-16,18H,13H2,1-2H3,(H,29,32)/t18-/m1/s1. The van der Waals surface area contributed by atoms with Gasteiger partial charge >= 0.3 is 6.09 Å². The van der Waals surface area contributed by atoms with E-state index in [4.69, 9.17) is 20.9 Å². The number of ether oxygens (including phenoxy) is 1. The molecule has 3 aromatic carbocycles. The molecule has 0 saturated carbocycles. The molecule has 0 bridgehead atoms. The molecule has 0 aliphatic heterocycles. The maximum absolute atomic E-state index is 12.5. The number of benzene rings is 3. The predicted molar refractivity (Wildman–Crippen MR) is 131 cm³/mol. The number of halogens is 1. The summed E-state index contributed by atoms with van der Waals surface area (Å²) in [5.41, 5.74) is 3.27. The zero-order valence-corrected chi connectivity index (χ0v) is 19.3. The number of aryl methyl sites for hydroxylation is 1. The molecule has 0 unspecified atom stereocenters. The minimum absolute atomic E-state index is 0.223. The number of nitrogens with one attached hydrogen (secondary N) is 1. The Morgan fingerprint density at radius 3 is 2.71 bits per heavy atom. The number of rotatable bonds is 5. The number of anilines is 1. The Kier molecular flexibility index (Phi) is 6.95. The second-order valence-corrected chi connectivity index (χ2v) is 8.09. The van der Waals surface area contributed by atoms with Gasteiger partial charge in [-0.05, 0) is 54.3 Å². The summed E-state index contributed by atoms with van der Waals surface area (Å²) in [5, 5.41) is 9.14. The molecular formula is C27H21ClN2O4. The highest BCUT2D eigenvalue weighted by atomic mass is 35.5. The molecule has 1 atom stereocenters. The summed E-state index contributed by atoms with van der Waals surface area (Å²) in [5.74, 6) is 6.20. The first-order chi connectivity index (χ1) is 16.4. The first-order valence-corrected chi connectivity index (χ1v) is 11.0. The van der Waals surface area contributed by atoms with Crippen LogP contribution in [0.5, 0.6) is 0 Å². The largest absolute Gasteiger partial charge is 0.441 e. The lowest BCUT2D eigenvalue weighted by Crippen LogP contribution is -2.17. The third-order valence-electron chi connectivity index (χ3n) is 5.26. The fourth-order valence-corrected chi connectivity index (χ4v) is 3.78. The third-order valence-corrected chi connectivity index (χ3v) is 5.61. The molecule has 1 heterocycles. The van der Waals surface area contributed by atoms with E-state index in [9.17, 15) is 9.59 Å². The van der Waals surface area contributed by atoms with Gasteiger partial charge in [-0.15, -0.1) is 0 Å². The Morgan fingerprint density at radius 1 is 1.15 bits per heavy atom. The summed E-state index contributed by atoms with van der Waals surface area (Å²) in [4.78, 5) is 23.2. The molecule has 1 aromatic heterocycles. The van der Waals surface area contributed by atoms with Crippen LogP contribution in [-0.4, -0.2) is 17.5 Å². The van der Waals surface area contributed by atoms with Crippen molar-refractivity contribution in [1.29, 1.82) is 0 Å². The molecule has 0 saturated heterocycles. The Balaban J connectivity index is 1.50. The number of fused-ring (bicyclic) bond motifs is 1. The zero-order valence-electron chi connectivity index (χ0n) is 18.6. The van der Waals surface area contributed by atoms with Gasteiger partial charge in [-0.1, -0.05) is 65.1 Å². The minimum Gasteiger partial charge on any atom is -0.441 e. The summed E-state index contributed by atoms with van der Waals surface area (Å²) < 4.78 is 10.8. The van der Waals surface area contributed by atoms with Gasteiger partial charge in [0.05, 0.1) is 0 Å². The molecule has 7 heteroatoms. The van der Waals surface area contributed by atoms with E-state index < -0.39 is 12.2 Å². The number of carbonyl (C=O) groups is 2. The number of aromatic nitrogens is 1. The summed E-state index contributed by atoms with van der Waals surface area (Å²) in [6.07, 6.45) is 0.0587. The summed E-state index contributed by atoms with van der Waals surface area (Å²) in [6, 6.07) is 18.8. The lowest BCUT2D eigenvalue weighted by atomic mass is 10.0. The lowest BCUT2D eigenvalue weighted by Gasteiger charge is -2.15. The molecule has 1 amide bonds. The van der Waals surface area contributed by atoms with Crippen molar-refractivity contribution in [3.05, 3.63) is 93.8 Å². The van der Waals surface area contributed by atoms with E-state index in [1.54, 1.807) is 26.0 Å². The van der Waals surface area contributed by atoms with Crippen molar-refractivity contribution in [3.8, 4) is 11.8 Å². The first-order valence-electron chi connectivity index (χ1n) is 10.6. The van der Waals surface area contributed by atoms with Gasteiger partial charge in [0, 0.05) is 22.6 Å². The molecule has 0 radical (unpaired) electrons. The summed E-state index contributed by atoms with van der Waals surface area (Å²) in [7, 11) is 0. The van der Waals surface area contributed by atoms with E-state index in [2.05, 4.69) is 22.3 Å². The highest BCUT2D eigenvalue weighted by molar-refractivity contribution is 6.31. The molecule has 4 aromatic rings. The van der Waals surface area contributed by atoms with Crippen LogP contribution in [0.1, 0.15) is 41.2 Å². The van der Waals surface area contributed by atoms with Gasteiger partial charge in [-0.25, -0.2) is 4.79 Å². The highest BCUT2D eigenvalue weighted by Crippen LogP contribution is 2.26. The number of carbonyl (C=O) groups excluding carboxylic acids is 2. The Bertz CT molecular complexity index is 1430. The maximum atomic E-state index is 12.5. The van der Waals surface area contributed by atoms with Crippen LogP contribution < -0.4 is 5.32 Å². The van der Waals surface area contributed by atoms with E-state index in [-0.39, 0.29) is 5.76 Å². The molecule has 6 nitrogen and oxygen atoms in total. The van der Waals surface area contributed by atoms with Gasteiger partial charge in [-0.2, -0.15) is 0 Å². The normalized spacial score (nSPS) is 11.4. The van der Waals surface area contributed by atoms with Crippen LogP contribution in [0.3, 0.4) is 0 Å². The number of amides is 1. The van der Waals surface area contributed by atoms with Gasteiger partial charge in [0.15, 0.2) is 0 Å². The van der Waals surface area contributed by atoms with Crippen molar-refractivity contribution in [2.45, 2.75) is 26.4 Å². The molecule has 1 N–H and O–H groups in total. The molecule has 34 heavy (non-hydrogen) atoms. The van der Waals surface area contributed by atoms with E-state index >= 15 is 0 Å². The van der Waals surface area contributed by atoms with Gasteiger partial charge in [0.2, 0.25) is 5.76 Å². The summed E-state index contributed by atoms with van der Waals surface area (Å²) >= 11 is 6.18. The average molecular weight is 473 g/mol. The maximum Gasteiger partial charge on any atom is 0.412 e. The molecule has 0 aliphatic carbocycles. The van der Waals surface area contributed by atoms with E-state index in [0.29, 0.717) is 28.4 Å². The molecular weight excluding hydrogens is 452 g/mol. The van der Waals surface area contributed by atoms with Gasteiger partial charge in [0.1, 0.15) is 23.8 Å². The van der Waals surface area contributed by atoms with Gasteiger partial charge in [-0.3, -0.25) is 5.32 Å². The number of hydrogen-bond acceptors (Lipinski definition) is 5. The van der Waals surface area contributed by atoms with Crippen LogP contribution in [0.4, 0.5) is 10.5 Å². The SMILES string of the molecule is Cc1noc(C#Cc2ccc3cc(CC=O)ccc3c2)c1NC(=O)O[C@H](C)c1ccccc1Cl. The lowest BCUT2D eigenvalue weighted by molar-refractivity contribution is -0.107. The molecule has 0 fully saturated rings.